The number of hydrogen-bond acceptors (Lipinski definition) is 8. The minimum absolute atomic E-state index is 0.139. The number of anilines is 1. The minimum Gasteiger partial charge on any atom is -0.481 e. The van der Waals surface area contributed by atoms with Gasteiger partial charge in [-0.15, -0.1) is 5.10 Å². The lowest BCUT2D eigenvalue weighted by atomic mass is 9.77. The van der Waals surface area contributed by atoms with Gasteiger partial charge in [-0.25, -0.2) is 9.67 Å². The highest BCUT2D eigenvalue weighted by atomic mass is 16.5. The Labute approximate surface area is 178 Å². The van der Waals surface area contributed by atoms with E-state index < -0.39 is 0 Å². The molecule has 0 amide bonds. The van der Waals surface area contributed by atoms with Crippen molar-refractivity contribution in [1.82, 2.24) is 29.9 Å². The molecule has 1 aliphatic carbocycles. The number of hydrogen-bond donors (Lipinski definition) is 0. The van der Waals surface area contributed by atoms with Crippen molar-refractivity contribution in [2.45, 2.75) is 45.4 Å². The van der Waals surface area contributed by atoms with E-state index in [1.54, 1.807) is 19.4 Å². The molecule has 0 N–H and O–H groups in total. The Morgan fingerprint density at radius 1 is 1.13 bits per heavy atom. The second-order valence-corrected chi connectivity index (χ2v) is 8.29. The first-order chi connectivity index (χ1) is 14.6. The quantitative estimate of drug-likeness (QED) is 0.648. The molecule has 2 aliphatic rings. The second kappa shape index (κ2) is 9.26. The molecule has 0 spiro atoms. The van der Waals surface area contributed by atoms with E-state index in [2.05, 4.69) is 50.1 Å². The molecule has 30 heavy (non-hydrogen) atoms. The van der Waals surface area contributed by atoms with Gasteiger partial charge in [-0.05, 0) is 37.8 Å². The summed E-state index contributed by atoms with van der Waals surface area (Å²) in [7, 11) is 3.44. The molecule has 164 valence electrons. The van der Waals surface area contributed by atoms with Crippen molar-refractivity contribution in [3.05, 3.63) is 24.2 Å². The number of methoxy groups -OCH3 is 2. The molecule has 1 saturated heterocycles. The highest BCUT2D eigenvalue weighted by Crippen LogP contribution is 2.42. The van der Waals surface area contributed by atoms with Crippen LogP contribution in [0.15, 0.2) is 18.5 Å². The number of fused-ring (bicyclic) bond motifs is 1. The van der Waals surface area contributed by atoms with Crippen LogP contribution in [0.5, 0.6) is 5.88 Å². The van der Waals surface area contributed by atoms with E-state index >= 15 is 0 Å². The van der Waals surface area contributed by atoms with Gasteiger partial charge in [-0.2, -0.15) is 4.98 Å². The van der Waals surface area contributed by atoms with Gasteiger partial charge in [0.05, 0.1) is 31.1 Å². The molecule has 0 unspecified atom stereocenters. The smallest absolute Gasteiger partial charge is 0.228 e. The third kappa shape index (κ3) is 4.27. The summed E-state index contributed by atoms with van der Waals surface area (Å²) in [4.78, 5) is 13.6. The summed E-state index contributed by atoms with van der Waals surface area (Å²) in [5.74, 6) is 2.48. The van der Waals surface area contributed by atoms with Crippen molar-refractivity contribution in [3.8, 4) is 5.88 Å². The summed E-state index contributed by atoms with van der Waals surface area (Å²) in [5.41, 5.74) is 1.02. The lowest BCUT2D eigenvalue weighted by Crippen LogP contribution is -2.37. The molecule has 1 aliphatic heterocycles. The van der Waals surface area contributed by atoms with Gasteiger partial charge >= 0.3 is 0 Å². The average molecular weight is 416 g/mol. The van der Waals surface area contributed by atoms with Crippen LogP contribution in [-0.4, -0.2) is 76.4 Å². The Morgan fingerprint density at radius 3 is 2.60 bits per heavy atom. The first kappa shape index (κ1) is 21.0. The molecule has 4 rings (SSSR count). The summed E-state index contributed by atoms with van der Waals surface area (Å²) in [6.45, 7) is 9.12. The van der Waals surface area contributed by atoms with E-state index in [1.165, 1.54) is 0 Å². The van der Waals surface area contributed by atoms with Gasteiger partial charge in [-0.1, -0.05) is 19.1 Å². The summed E-state index contributed by atoms with van der Waals surface area (Å²) in [5, 5.41) is 8.91. The van der Waals surface area contributed by atoms with Crippen LogP contribution in [-0.2, 0) is 11.3 Å². The third-order valence-corrected chi connectivity index (χ3v) is 6.67. The van der Waals surface area contributed by atoms with Gasteiger partial charge in [0.1, 0.15) is 0 Å². The average Bonchev–Trinajstić information content (AvgIpc) is 3.43. The fraction of sp³-hybridized carbons (Fsp3) is 0.714. The Morgan fingerprint density at radius 2 is 1.90 bits per heavy atom. The van der Waals surface area contributed by atoms with Crippen molar-refractivity contribution in [3.63, 3.8) is 0 Å². The standard InChI is InChI=1S/C21H33N7O2/c1-5-26(6-2)13-17-14-28(25-24-17)18-9-15-11-27(12-16(15)10-19(18)29-3)21-22-8-7-20(23-21)30-4/h7-8,14-16,18-19H,5-6,9-13H2,1-4H3/t15-,16+,18-,19-/m1/s1. The minimum atomic E-state index is 0.139. The normalized spacial score (nSPS) is 26.2. The second-order valence-electron chi connectivity index (χ2n) is 8.29. The van der Waals surface area contributed by atoms with Crippen LogP contribution in [0.25, 0.3) is 0 Å². The molecular formula is C21H33N7O2. The highest BCUT2D eigenvalue weighted by Gasteiger charge is 2.44. The third-order valence-electron chi connectivity index (χ3n) is 6.67. The van der Waals surface area contributed by atoms with Crippen molar-refractivity contribution in [2.75, 3.05) is 45.3 Å². The topological polar surface area (TPSA) is 81.4 Å². The van der Waals surface area contributed by atoms with Crippen LogP contribution in [0.3, 0.4) is 0 Å². The van der Waals surface area contributed by atoms with Crippen LogP contribution < -0.4 is 9.64 Å². The van der Waals surface area contributed by atoms with E-state index in [1.807, 2.05) is 11.8 Å². The molecule has 0 radical (unpaired) electrons. The van der Waals surface area contributed by atoms with Crippen LogP contribution in [0.2, 0.25) is 0 Å². The first-order valence-electron chi connectivity index (χ1n) is 10.9. The van der Waals surface area contributed by atoms with Gasteiger partial charge < -0.3 is 14.4 Å². The molecule has 3 heterocycles. The maximum atomic E-state index is 5.91. The van der Waals surface area contributed by atoms with E-state index in [0.717, 1.165) is 57.2 Å². The molecule has 4 atom stereocenters. The summed E-state index contributed by atoms with van der Waals surface area (Å²) in [6.07, 6.45) is 6.04. The maximum absolute atomic E-state index is 5.91. The zero-order valence-corrected chi connectivity index (χ0v) is 18.4. The lowest BCUT2D eigenvalue weighted by Gasteiger charge is -2.36. The molecular weight excluding hydrogens is 382 g/mol. The Kier molecular flexibility index (Phi) is 6.48. The molecule has 2 aromatic rings. The van der Waals surface area contributed by atoms with Gasteiger partial charge in [0.15, 0.2) is 0 Å². The Bertz CT molecular complexity index is 825. The van der Waals surface area contributed by atoms with Gasteiger partial charge in [0.2, 0.25) is 11.8 Å². The molecule has 2 aromatic heterocycles. The van der Waals surface area contributed by atoms with Gasteiger partial charge in [0.25, 0.3) is 0 Å². The predicted molar refractivity (Wildman–Crippen MR) is 113 cm³/mol. The van der Waals surface area contributed by atoms with Crippen molar-refractivity contribution >= 4 is 5.95 Å². The van der Waals surface area contributed by atoms with E-state index in [4.69, 9.17) is 9.47 Å². The molecule has 1 saturated carbocycles. The monoisotopic (exact) mass is 415 g/mol. The van der Waals surface area contributed by atoms with E-state index in [-0.39, 0.29) is 12.1 Å². The molecule has 0 bridgehead atoms. The maximum Gasteiger partial charge on any atom is 0.228 e. The number of ether oxygens (including phenoxy) is 2. The van der Waals surface area contributed by atoms with Crippen LogP contribution in [0.4, 0.5) is 5.95 Å². The fourth-order valence-corrected chi connectivity index (χ4v) is 4.91. The number of aromatic nitrogens is 5. The predicted octanol–water partition coefficient (Wildman–Crippen LogP) is 2.02. The number of rotatable bonds is 8. The molecule has 9 nitrogen and oxygen atoms in total. The summed E-state index contributed by atoms with van der Waals surface area (Å²) < 4.78 is 13.2. The highest BCUT2D eigenvalue weighted by molar-refractivity contribution is 5.34. The van der Waals surface area contributed by atoms with Gasteiger partial charge in [-0.3, -0.25) is 4.90 Å². The molecule has 2 fully saturated rings. The van der Waals surface area contributed by atoms with Crippen molar-refractivity contribution in [1.29, 1.82) is 0 Å². The zero-order valence-electron chi connectivity index (χ0n) is 18.4. The largest absolute Gasteiger partial charge is 0.481 e. The Hall–Kier alpha value is -2.26. The van der Waals surface area contributed by atoms with E-state index in [0.29, 0.717) is 17.7 Å². The fourth-order valence-electron chi connectivity index (χ4n) is 4.91. The first-order valence-corrected chi connectivity index (χ1v) is 10.9. The zero-order chi connectivity index (χ0) is 21.1. The van der Waals surface area contributed by atoms with Crippen LogP contribution in [0, 0.1) is 11.8 Å². The SMILES string of the molecule is CCN(CC)Cc1cn([C@@H]2C[C@@H]3CN(c4nccc(OC)n4)C[C@@H]3C[C@H]2OC)nn1. The summed E-state index contributed by atoms with van der Waals surface area (Å²) in [6, 6.07) is 1.99. The lowest BCUT2D eigenvalue weighted by molar-refractivity contribution is -0.00543. The van der Waals surface area contributed by atoms with Gasteiger partial charge in [0, 0.05) is 39.0 Å². The molecule has 9 heteroatoms. The van der Waals surface area contributed by atoms with Crippen molar-refractivity contribution < 1.29 is 9.47 Å². The van der Waals surface area contributed by atoms with E-state index in [9.17, 15) is 0 Å². The van der Waals surface area contributed by atoms with Crippen LogP contribution in [0.1, 0.15) is 38.4 Å². The summed E-state index contributed by atoms with van der Waals surface area (Å²) >= 11 is 0. The molecule has 0 aromatic carbocycles. The Balaban J connectivity index is 1.46. The van der Waals surface area contributed by atoms with Crippen LogP contribution >= 0.6 is 0 Å². The van der Waals surface area contributed by atoms with Crippen molar-refractivity contribution in [2.24, 2.45) is 11.8 Å². The number of nitrogens with zero attached hydrogens (tertiary/aromatic N) is 7.